The van der Waals surface area contributed by atoms with Crippen LogP contribution in [0.4, 0.5) is 5.69 Å². The average Bonchev–Trinajstić information content (AvgIpc) is 2.66. The number of fused-ring (bicyclic) bond motifs is 1. The number of aromatic nitrogens is 1. The lowest BCUT2D eigenvalue weighted by Crippen LogP contribution is -2.14. The van der Waals surface area contributed by atoms with Crippen LogP contribution in [0.3, 0.4) is 0 Å². The number of thioether (sulfide) groups is 1. The van der Waals surface area contributed by atoms with E-state index in [4.69, 9.17) is 4.98 Å². The number of amides is 1. The zero-order valence-corrected chi connectivity index (χ0v) is 16.5. The minimum absolute atomic E-state index is 0.00759. The van der Waals surface area contributed by atoms with Gasteiger partial charge in [-0.25, -0.2) is 4.98 Å². The van der Waals surface area contributed by atoms with E-state index in [0.717, 1.165) is 33.5 Å². The molecule has 0 aliphatic carbocycles. The van der Waals surface area contributed by atoms with Crippen molar-refractivity contribution in [3.63, 3.8) is 0 Å². The molecular weight excluding hydrogens is 356 g/mol. The van der Waals surface area contributed by atoms with E-state index in [9.17, 15) is 9.59 Å². The SMILES string of the molecule is CCc1cc2cccc(C)c2nc1SCC(=O)Nc1ccc(C(C)=O)cc1. The Morgan fingerprint density at radius 1 is 1.11 bits per heavy atom. The maximum atomic E-state index is 12.3. The molecular formula is C22H22N2O2S. The first kappa shape index (κ1) is 19.1. The molecule has 1 amide bonds. The van der Waals surface area contributed by atoms with Gasteiger partial charge in [0.15, 0.2) is 5.78 Å². The van der Waals surface area contributed by atoms with Crippen molar-refractivity contribution in [3.8, 4) is 0 Å². The number of rotatable bonds is 6. The maximum Gasteiger partial charge on any atom is 0.234 e. The van der Waals surface area contributed by atoms with Crippen molar-refractivity contribution < 1.29 is 9.59 Å². The molecule has 5 heteroatoms. The van der Waals surface area contributed by atoms with Gasteiger partial charge >= 0.3 is 0 Å². The van der Waals surface area contributed by atoms with Crippen molar-refractivity contribution in [2.75, 3.05) is 11.1 Å². The molecule has 0 saturated heterocycles. The van der Waals surface area contributed by atoms with Gasteiger partial charge in [-0.1, -0.05) is 36.9 Å². The van der Waals surface area contributed by atoms with Crippen molar-refractivity contribution in [2.45, 2.75) is 32.2 Å². The summed E-state index contributed by atoms with van der Waals surface area (Å²) in [4.78, 5) is 28.4. The fourth-order valence-electron chi connectivity index (χ4n) is 2.87. The van der Waals surface area contributed by atoms with Gasteiger partial charge in [0, 0.05) is 16.6 Å². The first-order chi connectivity index (χ1) is 13.0. The predicted octanol–water partition coefficient (Wildman–Crippen LogP) is 5.04. The molecule has 3 aromatic rings. The Morgan fingerprint density at radius 2 is 1.85 bits per heavy atom. The van der Waals surface area contributed by atoms with Gasteiger partial charge in [0.05, 0.1) is 11.3 Å². The number of nitrogens with zero attached hydrogens (tertiary/aromatic N) is 1. The lowest BCUT2D eigenvalue weighted by atomic mass is 10.1. The van der Waals surface area contributed by atoms with Crippen LogP contribution in [0.25, 0.3) is 10.9 Å². The normalized spacial score (nSPS) is 10.8. The van der Waals surface area contributed by atoms with E-state index in [1.807, 2.05) is 19.1 Å². The molecule has 1 heterocycles. The molecule has 0 unspecified atom stereocenters. The Kier molecular flexibility index (Phi) is 5.91. The Balaban J connectivity index is 1.71. The third kappa shape index (κ3) is 4.55. The fraction of sp³-hybridized carbons (Fsp3) is 0.227. The van der Waals surface area contributed by atoms with Gasteiger partial charge in [-0.05, 0) is 61.7 Å². The standard InChI is InChI=1S/C22H22N2O2S/c1-4-16-12-18-7-5-6-14(2)21(18)24-22(16)27-13-20(26)23-19-10-8-17(9-11-19)15(3)25/h5-12H,4,13H2,1-3H3,(H,23,26). The predicted molar refractivity (Wildman–Crippen MR) is 112 cm³/mol. The number of hydrogen-bond donors (Lipinski definition) is 1. The van der Waals surface area contributed by atoms with Crippen LogP contribution in [0.15, 0.2) is 53.6 Å². The van der Waals surface area contributed by atoms with Crippen LogP contribution in [-0.2, 0) is 11.2 Å². The van der Waals surface area contributed by atoms with E-state index >= 15 is 0 Å². The number of carbonyl (C=O) groups is 2. The quantitative estimate of drug-likeness (QED) is 0.482. The Morgan fingerprint density at radius 3 is 2.52 bits per heavy atom. The number of para-hydroxylation sites is 1. The topological polar surface area (TPSA) is 59.1 Å². The molecule has 0 bridgehead atoms. The highest BCUT2D eigenvalue weighted by Crippen LogP contribution is 2.27. The minimum Gasteiger partial charge on any atom is -0.325 e. The van der Waals surface area contributed by atoms with Crippen molar-refractivity contribution in [2.24, 2.45) is 0 Å². The van der Waals surface area contributed by atoms with Gasteiger partial charge < -0.3 is 5.32 Å². The summed E-state index contributed by atoms with van der Waals surface area (Å²) < 4.78 is 0. The van der Waals surface area contributed by atoms with Crippen molar-refractivity contribution in [1.82, 2.24) is 4.98 Å². The first-order valence-electron chi connectivity index (χ1n) is 8.91. The monoisotopic (exact) mass is 378 g/mol. The number of benzene rings is 2. The van der Waals surface area contributed by atoms with Gasteiger partial charge in [-0.2, -0.15) is 0 Å². The Bertz CT molecular complexity index is 997. The summed E-state index contributed by atoms with van der Waals surface area (Å²) >= 11 is 1.45. The number of ketones is 1. The summed E-state index contributed by atoms with van der Waals surface area (Å²) in [5.74, 6) is 0.198. The number of nitrogens with one attached hydrogen (secondary N) is 1. The summed E-state index contributed by atoms with van der Waals surface area (Å²) in [7, 11) is 0. The summed E-state index contributed by atoms with van der Waals surface area (Å²) in [6.45, 7) is 5.67. The van der Waals surface area contributed by atoms with E-state index in [1.54, 1.807) is 24.3 Å². The van der Waals surface area contributed by atoms with Crippen molar-refractivity contribution in [3.05, 3.63) is 65.2 Å². The molecule has 0 aliphatic rings. The highest BCUT2D eigenvalue weighted by Gasteiger charge is 2.11. The third-order valence-corrected chi connectivity index (χ3v) is 5.42. The van der Waals surface area contributed by atoms with Crippen LogP contribution in [0.5, 0.6) is 0 Å². The number of Topliss-reactive ketones (excluding diaryl/α,β-unsaturated/α-hetero) is 1. The molecule has 0 radical (unpaired) electrons. The van der Waals surface area contributed by atoms with Crippen molar-refractivity contribution in [1.29, 1.82) is 0 Å². The molecule has 3 rings (SSSR count). The summed E-state index contributed by atoms with van der Waals surface area (Å²) in [6.07, 6.45) is 0.868. The van der Waals surface area contributed by atoms with E-state index < -0.39 is 0 Å². The van der Waals surface area contributed by atoms with E-state index in [0.29, 0.717) is 11.3 Å². The highest BCUT2D eigenvalue weighted by atomic mass is 32.2. The fourth-order valence-corrected chi connectivity index (χ4v) is 3.76. The molecule has 27 heavy (non-hydrogen) atoms. The minimum atomic E-state index is -0.0932. The maximum absolute atomic E-state index is 12.3. The second-order valence-corrected chi connectivity index (χ2v) is 7.39. The lowest BCUT2D eigenvalue weighted by Gasteiger charge is -2.11. The Labute approximate surface area is 163 Å². The summed E-state index contributed by atoms with van der Waals surface area (Å²) in [5, 5.41) is 4.90. The zero-order chi connectivity index (χ0) is 19.4. The van der Waals surface area contributed by atoms with Gasteiger partial charge in [-0.3, -0.25) is 9.59 Å². The zero-order valence-electron chi connectivity index (χ0n) is 15.7. The lowest BCUT2D eigenvalue weighted by molar-refractivity contribution is -0.113. The third-order valence-electron chi connectivity index (χ3n) is 4.38. The van der Waals surface area contributed by atoms with Gasteiger partial charge in [-0.15, -0.1) is 0 Å². The molecule has 0 atom stereocenters. The second-order valence-electron chi connectivity index (χ2n) is 6.42. The van der Waals surface area contributed by atoms with Crippen molar-refractivity contribution >= 4 is 40.0 Å². The van der Waals surface area contributed by atoms with Crippen LogP contribution in [0.1, 0.15) is 35.3 Å². The molecule has 2 aromatic carbocycles. The largest absolute Gasteiger partial charge is 0.325 e. The summed E-state index contributed by atoms with van der Waals surface area (Å²) in [5.41, 5.74) is 4.58. The number of anilines is 1. The first-order valence-corrected chi connectivity index (χ1v) is 9.89. The van der Waals surface area contributed by atoms with Crippen LogP contribution < -0.4 is 5.32 Å². The number of hydrogen-bond acceptors (Lipinski definition) is 4. The number of carbonyl (C=O) groups excluding carboxylic acids is 2. The molecule has 0 saturated carbocycles. The molecule has 1 aromatic heterocycles. The molecule has 4 nitrogen and oxygen atoms in total. The van der Waals surface area contributed by atoms with Crippen LogP contribution in [0, 0.1) is 6.92 Å². The van der Waals surface area contributed by atoms with E-state index in [2.05, 4.69) is 24.4 Å². The smallest absolute Gasteiger partial charge is 0.234 e. The van der Waals surface area contributed by atoms with Gasteiger partial charge in [0.25, 0.3) is 0 Å². The van der Waals surface area contributed by atoms with Gasteiger partial charge in [0.2, 0.25) is 5.91 Å². The Hall–Kier alpha value is -2.66. The number of pyridine rings is 1. The second kappa shape index (κ2) is 8.35. The van der Waals surface area contributed by atoms with E-state index in [-0.39, 0.29) is 17.4 Å². The molecule has 0 spiro atoms. The average molecular weight is 378 g/mol. The van der Waals surface area contributed by atoms with E-state index in [1.165, 1.54) is 18.7 Å². The van der Waals surface area contributed by atoms with Gasteiger partial charge in [0.1, 0.15) is 5.03 Å². The molecule has 0 aliphatic heterocycles. The molecule has 0 fully saturated rings. The number of aryl methyl sites for hydroxylation is 2. The van der Waals surface area contributed by atoms with Crippen LogP contribution in [-0.4, -0.2) is 22.4 Å². The van der Waals surface area contributed by atoms with Crippen LogP contribution in [0.2, 0.25) is 0 Å². The molecule has 138 valence electrons. The van der Waals surface area contributed by atoms with Crippen LogP contribution >= 0.6 is 11.8 Å². The molecule has 1 N–H and O–H groups in total. The summed E-state index contributed by atoms with van der Waals surface area (Å²) in [6, 6.07) is 15.2. The highest BCUT2D eigenvalue weighted by molar-refractivity contribution is 8.00.